The van der Waals surface area contributed by atoms with Crippen LogP contribution in [0, 0.1) is 5.92 Å². The van der Waals surface area contributed by atoms with Gasteiger partial charge in [-0.1, -0.05) is 19.9 Å². The number of aromatic nitrogens is 1. The van der Waals surface area contributed by atoms with E-state index >= 15 is 0 Å². The molecule has 0 aliphatic carbocycles. The fraction of sp³-hybridized carbons (Fsp3) is 0.312. The molecule has 0 aliphatic rings. The van der Waals surface area contributed by atoms with Crippen molar-refractivity contribution in [2.24, 2.45) is 5.92 Å². The fourth-order valence-corrected chi connectivity index (χ4v) is 1.98. The van der Waals surface area contributed by atoms with E-state index in [2.05, 4.69) is 18.8 Å². The van der Waals surface area contributed by atoms with Crippen LogP contribution in [0.4, 0.5) is 0 Å². The SMILES string of the molecule is CC(C)COc1ccc(-c2ccc(CCl)c(=O)[nH]2)cc1. The Morgan fingerprint density at radius 2 is 1.85 bits per heavy atom. The molecule has 0 atom stereocenters. The average molecular weight is 292 g/mol. The highest BCUT2D eigenvalue weighted by Crippen LogP contribution is 2.20. The van der Waals surface area contributed by atoms with Gasteiger partial charge in [0.2, 0.25) is 0 Å². The van der Waals surface area contributed by atoms with Crippen LogP contribution >= 0.6 is 11.6 Å². The van der Waals surface area contributed by atoms with Crippen molar-refractivity contribution in [2.75, 3.05) is 6.61 Å². The number of aromatic amines is 1. The molecule has 106 valence electrons. The first-order chi connectivity index (χ1) is 9.60. The van der Waals surface area contributed by atoms with Crippen LogP contribution in [0.25, 0.3) is 11.3 Å². The number of benzene rings is 1. The molecule has 1 N–H and O–H groups in total. The molecule has 4 heteroatoms. The van der Waals surface area contributed by atoms with Gasteiger partial charge in [-0.05, 0) is 41.8 Å². The minimum Gasteiger partial charge on any atom is -0.493 e. The van der Waals surface area contributed by atoms with E-state index < -0.39 is 0 Å². The Morgan fingerprint density at radius 1 is 1.15 bits per heavy atom. The monoisotopic (exact) mass is 291 g/mol. The van der Waals surface area contributed by atoms with Gasteiger partial charge < -0.3 is 9.72 Å². The smallest absolute Gasteiger partial charge is 0.252 e. The van der Waals surface area contributed by atoms with Crippen molar-refractivity contribution in [1.29, 1.82) is 0 Å². The molecule has 0 unspecified atom stereocenters. The van der Waals surface area contributed by atoms with Crippen molar-refractivity contribution in [3.8, 4) is 17.0 Å². The molecule has 2 rings (SSSR count). The molecular weight excluding hydrogens is 274 g/mol. The summed E-state index contributed by atoms with van der Waals surface area (Å²) in [5.41, 5.74) is 2.16. The fourth-order valence-electron chi connectivity index (χ4n) is 1.77. The molecule has 0 saturated heterocycles. The van der Waals surface area contributed by atoms with Crippen LogP contribution in [0.3, 0.4) is 0 Å². The van der Waals surface area contributed by atoms with Crippen LogP contribution in [0.5, 0.6) is 5.75 Å². The van der Waals surface area contributed by atoms with E-state index in [0.717, 1.165) is 17.0 Å². The summed E-state index contributed by atoms with van der Waals surface area (Å²) in [5, 5.41) is 0. The zero-order chi connectivity index (χ0) is 14.5. The second kappa shape index (κ2) is 6.62. The summed E-state index contributed by atoms with van der Waals surface area (Å²) in [6.45, 7) is 4.91. The number of nitrogens with one attached hydrogen (secondary N) is 1. The van der Waals surface area contributed by atoms with E-state index in [1.807, 2.05) is 30.3 Å². The van der Waals surface area contributed by atoms with Crippen LogP contribution in [-0.2, 0) is 5.88 Å². The van der Waals surface area contributed by atoms with Crippen LogP contribution < -0.4 is 10.3 Å². The zero-order valence-electron chi connectivity index (χ0n) is 11.7. The largest absolute Gasteiger partial charge is 0.493 e. The topological polar surface area (TPSA) is 42.1 Å². The van der Waals surface area contributed by atoms with Gasteiger partial charge in [0.1, 0.15) is 5.75 Å². The summed E-state index contributed by atoms with van der Waals surface area (Å²) in [6.07, 6.45) is 0. The number of rotatable bonds is 5. The standard InChI is InChI=1S/C16H18ClNO2/c1-11(2)10-20-14-6-3-12(4-7-14)15-8-5-13(9-17)16(19)18-15/h3-8,11H,9-10H2,1-2H3,(H,18,19). The third kappa shape index (κ3) is 3.64. The highest BCUT2D eigenvalue weighted by Gasteiger charge is 2.03. The lowest BCUT2D eigenvalue weighted by molar-refractivity contribution is 0.271. The molecule has 0 saturated carbocycles. The Hall–Kier alpha value is -1.74. The van der Waals surface area contributed by atoms with Crippen LogP contribution in [0.1, 0.15) is 19.4 Å². The van der Waals surface area contributed by atoms with Crippen molar-refractivity contribution >= 4 is 11.6 Å². The Kier molecular flexibility index (Phi) is 4.85. The number of halogens is 1. The van der Waals surface area contributed by atoms with Gasteiger partial charge in [0.05, 0.1) is 12.5 Å². The molecule has 0 aliphatic heterocycles. The Labute approximate surface area is 123 Å². The third-order valence-electron chi connectivity index (χ3n) is 2.88. The molecule has 0 fully saturated rings. The summed E-state index contributed by atoms with van der Waals surface area (Å²) >= 11 is 5.68. The summed E-state index contributed by atoms with van der Waals surface area (Å²) in [6, 6.07) is 11.3. The molecule has 1 heterocycles. The van der Waals surface area contributed by atoms with Crippen molar-refractivity contribution in [2.45, 2.75) is 19.7 Å². The predicted molar refractivity (Wildman–Crippen MR) is 82.4 cm³/mol. The minimum atomic E-state index is -0.141. The van der Waals surface area contributed by atoms with Gasteiger partial charge in [-0.2, -0.15) is 0 Å². The Bertz CT molecular complexity index is 617. The molecule has 20 heavy (non-hydrogen) atoms. The molecule has 3 nitrogen and oxygen atoms in total. The number of pyridine rings is 1. The number of alkyl halides is 1. The highest BCUT2D eigenvalue weighted by atomic mass is 35.5. The van der Waals surface area contributed by atoms with Gasteiger partial charge in [0.15, 0.2) is 0 Å². The maximum absolute atomic E-state index is 11.7. The summed E-state index contributed by atoms with van der Waals surface area (Å²) in [5.74, 6) is 1.55. The minimum absolute atomic E-state index is 0.141. The number of hydrogen-bond donors (Lipinski definition) is 1. The van der Waals surface area contributed by atoms with E-state index in [-0.39, 0.29) is 11.4 Å². The van der Waals surface area contributed by atoms with Crippen molar-refractivity contribution in [3.05, 3.63) is 52.3 Å². The number of ether oxygens (including phenoxy) is 1. The molecule has 0 radical (unpaired) electrons. The molecule has 2 aromatic rings. The average Bonchev–Trinajstić information content (AvgIpc) is 2.45. The predicted octanol–water partition coefficient (Wildman–Crippen LogP) is 3.82. The molecule has 0 spiro atoms. The van der Waals surface area contributed by atoms with Crippen molar-refractivity contribution < 1.29 is 4.74 Å². The molecule has 1 aromatic carbocycles. The number of H-pyrrole nitrogens is 1. The van der Waals surface area contributed by atoms with Crippen LogP contribution in [-0.4, -0.2) is 11.6 Å². The lowest BCUT2D eigenvalue weighted by Crippen LogP contribution is -2.11. The molecule has 0 bridgehead atoms. The van der Waals surface area contributed by atoms with Crippen LogP contribution in [0.2, 0.25) is 0 Å². The van der Waals surface area contributed by atoms with Gasteiger partial charge >= 0.3 is 0 Å². The van der Waals surface area contributed by atoms with Gasteiger partial charge in [-0.15, -0.1) is 11.6 Å². The lowest BCUT2D eigenvalue weighted by Gasteiger charge is -2.09. The normalized spacial score (nSPS) is 10.8. The number of hydrogen-bond acceptors (Lipinski definition) is 2. The van der Waals surface area contributed by atoms with E-state index in [4.69, 9.17) is 16.3 Å². The van der Waals surface area contributed by atoms with Crippen molar-refractivity contribution in [1.82, 2.24) is 4.98 Å². The van der Waals surface area contributed by atoms with Gasteiger partial charge in [-0.25, -0.2) is 0 Å². The lowest BCUT2D eigenvalue weighted by atomic mass is 10.1. The van der Waals surface area contributed by atoms with E-state index in [1.54, 1.807) is 6.07 Å². The maximum atomic E-state index is 11.7. The third-order valence-corrected chi connectivity index (χ3v) is 3.17. The van der Waals surface area contributed by atoms with Gasteiger partial charge in [0.25, 0.3) is 5.56 Å². The summed E-state index contributed by atoms with van der Waals surface area (Å²) < 4.78 is 5.63. The van der Waals surface area contributed by atoms with Crippen molar-refractivity contribution in [3.63, 3.8) is 0 Å². The first-order valence-corrected chi connectivity index (χ1v) is 7.15. The van der Waals surface area contributed by atoms with E-state index in [9.17, 15) is 4.79 Å². The molecule has 1 aromatic heterocycles. The second-order valence-electron chi connectivity index (χ2n) is 5.09. The summed E-state index contributed by atoms with van der Waals surface area (Å²) in [4.78, 5) is 14.6. The second-order valence-corrected chi connectivity index (χ2v) is 5.36. The summed E-state index contributed by atoms with van der Waals surface area (Å²) in [7, 11) is 0. The van der Waals surface area contributed by atoms with E-state index in [1.165, 1.54) is 0 Å². The van der Waals surface area contributed by atoms with E-state index in [0.29, 0.717) is 18.1 Å². The Balaban J connectivity index is 2.17. The van der Waals surface area contributed by atoms with Crippen LogP contribution in [0.15, 0.2) is 41.2 Å². The molecular formula is C16H18ClNO2. The quantitative estimate of drug-likeness (QED) is 0.851. The maximum Gasteiger partial charge on any atom is 0.252 e. The molecule has 0 amide bonds. The highest BCUT2D eigenvalue weighted by molar-refractivity contribution is 6.17. The Morgan fingerprint density at radius 3 is 2.40 bits per heavy atom. The first kappa shape index (κ1) is 14.7. The first-order valence-electron chi connectivity index (χ1n) is 6.61. The van der Waals surface area contributed by atoms with Gasteiger partial charge in [0, 0.05) is 11.3 Å². The zero-order valence-corrected chi connectivity index (χ0v) is 12.4. The van der Waals surface area contributed by atoms with Gasteiger partial charge in [-0.3, -0.25) is 4.79 Å².